The van der Waals surface area contributed by atoms with Crippen LogP contribution in [-0.2, 0) is 0 Å². The number of alkyl halides is 2. The monoisotopic (exact) mass is 449 g/mol. The van der Waals surface area contributed by atoms with Gasteiger partial charge in [-0.1, -0.05) is 54.6 Å². The summed E-state index contributed by atoms with van der Waals surface area (Å²) in [4.78, 5) is 0. The molecule has 0 aliphatic heterocycles. The lowest BCUT2D eigenvalue weighted by Crippen LogP contribution is -2.04. The summed E-state index contributed by atoms with van der Waals surface area (Å²) in [5, 5.41) is 3.49. The van der Waals surface area contributed by atoms with Crippen molar-refractivity contribution < 1.29 is 0 Å². The summed E-state index contributed by atoms with van der Waals surface area (Å²) >= 11 is 13.4. The molecule has 2 atom stereocenters. The molecule has 0 spiro atoms. The van der Waals surface area contributed by atoms with Crippen molar-refractivity contribution in [2.75, 3.05) is 5.32 Å². The highest BCUT2D eigenvalue weighted by atomic mass is 35.5. The molecule has 1 fully saturated rings. The van der Waals surface area contributed by atoms with Gasteiger partial charge in [0.2, 0.25) is 0 Å². The molecular formula is C28H29Cl2N. The molecule has 31 heavy (non-hydrogen) atoms. The molecule has 1 saturated carbocycles. The summed E-state index contributed by atoms with van der Waals surface area (Å²) in [6.45, 7) is 15.0. The summed E-state index contributed by atoms with van der Waals surface area (Å²) in [7, 11) is 0. The van der Waals surface area contributed by atoms with Gasteiger partial charge in [-0.25, -0.2) is 0 Å². The second-order valence-corrected chi connectivity index (χ2v) is 10.4. The first-order valence-corrected chi connectivity index (χ1v) is 11.4. The van der Waals surface area contributed by atoms with Crippen molar-refractivity contribution >= 4 is 28.9 Å². The largest absolute Gasteiger partial charge is 0.359 e. The Balaban J connectivity index is 1.58. The fraction of sp³-hybridized carbons (Fsp3) is 0.286. The van der Waals surface area contributed by atoms with E-state index in [9.17, 15) is 0 Å². The second-order valence-electron chi connectivity index (χ2n) is 8.97. The number of nitrogens with one attached hydrogen (secondary N) is 1. The zero-order chi connectivity index (χ0) is 22.5. The molecule has 1 N–H and O–H groups in total. The van der Waals surface area contributed by atoms with Crippen LogP contribution in [0.2, 0.25) is 0 Å². The fourth-order valence-electron chi connectivity index (χ4n) is 4.50. The normalized spacial score (nSPS) is 19.2. The standard InChI is InChI=1S/C28H29Cl2N/c1-16-7-12-24(20(5)13-16)25-15-23(11-9-18(25)3)31-21(6)26-27(28(26,29)30)22-10-8-17(2)19(4)14-22/h7-15,26-27,31H,6H2,1-5H3. The van der Waals surface area contributed by atoms with Crippen molar-refractivity contribution in [3.63, 3.8) is 0 Å². The van der Waals surface area contributed by atoms with Crippen LogP contribution in [0.5, 0.6) is 0 Å². The number of anilines is 1. The van der Waals surface area contributed by atoms with Crippen LogP contribution in [-0.4, -0.2) is 4.33 Å². The van der Waals surface area contributed by atoms with Gasteiger partial charge in [0.15, 0.2) is 0 Å². The number of hydrogen-bond acceptors (Lipinski definition) is 1. The van der Waals surface area contributed by atoms with Gasteiger partial charge < -0.3 is 5.32 Å². The third kappa shape index (κ3) is 4.14. The number of halogens is 2. The molecule has 3 aromatic rings. The van der Waals surface area contributed by atoms with Crippen LogP contribution in [0, 0.1) is 40.5 Å². The second kappa shape index (κ2) is 8.04. The van der Waals surface area contributed by atoms with Crippen LogP contribution in [0.25, 0.3) is 11.1 Å². The van der Waals surface area contributed by atoms with E-state index in [1.165, 1.54) is 44.5 Å². The molecule has 0 amide bonds. The summed E-state index contributed by atoms with van der Waals surface area (Å²) < 4.78 is -0.840. The van der Waals surface area contributed by atoms with E-state index in [1.807, 2.05) is 0 Å². The lowest BCUT2D eigenvalue weighted by molar-refractivity contribution is 0.945. The minimum Gasteiger partial charge on any atom is -0.359 e. The van der Waals surface area contributed by atoms with E-state index < -0.39 is 4.33 Å². The zero-order valence-electron chi connectivity index (χ0n) is 18.8. The van der Waals surface area contributed by atoms with Crippen molar-refractivity contribution in [2.24, 2.45) is 5.92 Å². The van der Waals surface area contributed by atoms with Crippen molar-refractivity contribution in [3.05, 3.63) is 100 Å². The molecule has 0 heterocycles. The average molecular weight is 450 g/mol. The van der Waals surface area contributed by atoms with Crippen LogP contribution in [0.4, 0.5) is 5.69 Å². The fourth-order valence-corrected chi connectivity index (χ4v) is 5.40. The quantitative estimate of drug-likeness (QED) is 0.385. The van der Waals surface area contributed by atoms with E-state index in [1.54, 1.807) is 0 Å². The van der Waals surface area contributed by atoms with E-state index in [0.29, 0.717) is 0 Å². The minimum absolute atomic E-state index is 0.0381. The van der Waals surface area contributed by atoms with Gasteiger partial charge in [0.1, 0.15) is 4.33 Å². The first-order valence-electron chi connectivity index (χ1n) is 10.7. The van der Waals surface area contributed by atoms with Crippen LogP contribution in [0.3, 0.4) is 0 Å². The summed E-state index contributed by atoms with van der Waals surface area (Å²) in [5.74, 6) is 0.00296. The van der Waals surface area contributed by atoms with E-state index in [0.717, 1.165) is 11.4 Å². The lowest BCUT2D eigenvalue weighted by Gasteiger charge is -2.15. The Morgan fingerprint density at radius 1 is 0.774 bits per heavy atom. The number of rotatable bonds is 5. The molecule has 0 saturated heterocycles. The number of hydrogen-bond donors (Lipinski definition) is 1. The maximum Gasteiger partial charge on any atom is 0.134 e. The average Bonchev–Trinajstić information content (AvgIpc) is 3.28. The van der Waals surface area contributed by atoms with Gasteiger partial charge in [-0.3, -0.25) is 0 Å². The highest BCUT2D eigenvalue weighted by Crippen LogP contribution is 2.67. The molecule has 3 heteroatoms. The highest BCUT2D eigenvalue weighted by Gasteiger charge is 2.65. The molecular weight excluding hydrogens is 421 g/mol. The molecule has 3 aromatic carbocycles. The topological polar surface area (TPSA) is 12.0 Å². The molecule has 1 nitrogen and oxygen atoms in total. The number of aryl methyl sites for hydroxylation is 5. The molecule has 0 aromatic heterocycles. The Bertz CT molecular complexity index is 1180. The van der Waals surface area contributed by atoms with E-state index in [2.05, 4.69) is 101 Å². The van der Waals surface area contributed by atoms with Crippen LogP contribution < -0.4 is 5.32 Å². The van der Waals surface area contributed by atoms with Crippen molar-refractivity contribution in [2.45, 2.75) is 44.9 Å². The van der Waals surface area contributed by atoms with E-state index >= 15 is 0 Å². The zero-order valence-corrected chi connectivity index (χ0v) is 20.3. The van der Waals surface area contributed by atoms with Gasteiger partial charge in [0, 0.05) is 23.2 Å². The molecule has 0 bridgehead atoms. The van der Waals surface area contributed by atoms with Crippen LogP contribution in [0.15, 0.2) is 66.9 Å². The molecule has 0 radical (unpaired) electrons. The van der Waals surface area contributed by atoms with Crippen molar-refractivity contribution in [1.29, 1.82) is 0 Å². The Kier molecular flexibility index (Phi) is 5.70. The predicted octanol–water partition coefficient (Wildman–Crippen LogP) is 8.41. The third-order valence-electron chi connectivity index (χ3n) is 6.53. The van der Waals surface area contributed by atoms with Gasteiger partial charge in [-0.15, -0.1) is 23.2 Å². The van der Waals surface area contributed by atoms with Crippen LogP contribution in [0.1, 0.15) is 39.3 Å². The smallest absolute Gasteiger partial charge is 0.134 e. The SMILES string of the molecule is C=C(Nc1ccc(C)c(-c2ccc(C)cc2C)c1)C1C(c2ccc(C)c(C)c2)C1(Cl)Cl. The third-order valence-corrected chi connectivity index (χ3v) is 7.47. The van der Waals surface area contributed by atoms with E-state index in [-0.39, 0.29) is 11.8 Å². The molecule has 1 aliphatic rings. The van der Waals surface area contributed by atoms with Gasteiger partial charge in [0.05, 0.1) is 0 Å². The van der Waals surface area contributed by atoms with E-state index in [4.69, 9.17) is 23.2 Å². The van der Waals surface area contributed by atoms with Crippen LogP contribution >= 0.6 is 23.2 Å². The Morgan fingerprint density at radius 2 is 1.48 bits per heavy atom. The molecule has 1 aliphatic carbocycles. The van der Waals surface area contributed by atoms with Crippen molar-refractivity contribution in [1.82, 2.24) is 0 Å². The molecule has 4 rings (SSSR count). The first-order chi connectivity index (χ1) is 14.6. The number of benzene rings is 3. The number of allylic oxidation sites excluding steroid dienone is 1. The highest BCUT2D eigenvalue weighted by molar-refractivity contribution is 6.52. The summed E-state index contributed by atoms with van der Waals surface area (Å²) in [6.07, 6.45) is 0. The Morgan fingerprint density at radius 3 is 2.16 bits per heavy atom. The minimum atomic E-state index is -0.840. The first kappa shape index (κ1) is 22.0. The van der Waals surface area contributed by atoms with Gasteiger partial charge >= 0.3 is 0 Å². The maximum absolute atomic E-state index is 6.71. The summed E-state index contributed by atoms with van der Waals surface area (Å²) in [6, 6.07) is 19.5. The van der Waals surface area contributed by atoms with Gasteiger partial charge in [-0.05, 0) is 85.7 Å². The Labute approximate surface area is 196 Å². The van der Waals surface area contributed by atoms with Gasteiger partial charge in [0.25, 0.3) is 0 Å². The van der Waals surface area contributed by atoms with Crippen molar-refractivity contribution in [3.8, 4) is 11.1 Å². The predicted molar refractivity (Wildman–Crippen MR) is 135 cm³/mol. The Hall–Kier alpha value is -2.22. The maximum atomic E-state index is 6.71. The molecule has 160 valence electrons. The summed E-state index contributed by atoms with van der Waals surface area (Å²) in [5.41, 5.74) is 11.8. The lowest BCUT2D eigenvalue weighted by atomic mass is 9.95. The molecule has 2 unspecified atom stereocenters. The van der Waals surface area contributed by atoms with Gasteiger partial charge in [-0.2, -0.15) is 0 Å².